The predicted molar refractivity (Wildman–Crippen MR) is 147 cm³/mol. The van der Waals surface area contributed by atoms with E-state index >= 15 is 0 Å². The van der Waals surface area contributed by atoms with Crippen LogP contribution in [0.5, 0.6) is 5.75 Å². The topological polar surface area (TPSA) is 94.4 Å². The number of aryl methyl sites for hydroxylation is 1. The Labute approximate surface area is 221 Å². The number of Topliss-reactive ketones (excluding diaryl/α,β-unsaturated/α-hetero) is 1. The highest BCUT2D eigenvalue weighted by Gasteiger charge is 2.29. The molecule has 0 bridgehead atoms. The van der Waals surface area contributed by atoms with Crippen LogP contribution in [0, 0.1) is 0 Å². The van der Waals surface area contributed by atoms with Gasteiger partial charge < -0.3 is 19.9 Å². The number of halogens is 1. The monoisotopic (exact) mass is 522 g/mol. The zero-order valence-corrected chi connectivity index (χ0v) is 21.9. The van der Waals surface area contributed by atoms with Crippen molar-refractivity contribution in [2.45, 2.75) is 38.4 Å². The average Bonchev–Trinajstić information content (AvgIpc) is 3.19. The Morgan fingerprint density at radius 1 is 1.11 bits per heavy atom. The molecule has 2 aromatic heterocycles. The second-order valence-corrected chi connectivity index (χ2v) is 9.41. The van der Waals surface area contributed by atoms with Gasteiger partial charge in [-0.1, -0.05) is 48.5 Å². The van der Waals surface area contributed by atoms with Crippen molar-refractivity contribution in [3.63, 3.8) is 0 Å². The van der Waals surface area contributed by atoms with E-state index in [0.29, 0.717) is 33.7 Å². The number of ether oxygens (including phenoxy) is 1. The highest BCUT2D eigenvalue weighted by atomic mass is 35.5. The first-order valence-corrected chi connectivity index (χ1v) is 12.2. The number of carbonyl (C=O) groups is 2. The lowest BCUT2D eigenvalue weighted by molar-refractivity contribution is 0.0913. The standard InChI is InChI=1S/C28H30N4O4.ClH/c1-17-15-19(13-14-29-17)30-27(34)25-26(36-3)23-24(31(25)2)20-11-7-8-12-21(20)32(28(23)35)16-22(33)18-9-5-4-6-10-18;/h4-12,17,19,29H,13-16H2,1-3H3,(H,30,34);1H. The molecule has 2 N–H and O–H groups in total. The smallest absolute Gasteiger partial charge is 0.272 e. The van der Waals surface area contributed by atoms with Crippen LogP contribution >= 0.6 is 12.4 Å². The molecule has 4 aromatic rings. The Morgan fingerprint density at radius 2 is 1.81 bits per heavy atom. The number of rotatable bonds is 6. The number of hydrogen-bond donors (Lipinski definition) is 2. The minimum Gasteiger partial charge on any atom is -0.493 e. The number of nitrogens with zero attached hydrogens (tertiary/aromatic N) is 2. The molecule has 2 atom stereocenters. The van der Waals surface area contributed by atoms with Crippen LogP contribution in [0.4, 0.5) is 0 Å². The highest BCUT2D eigenvalue weighted by molar-refractivity contribution is 6.12. The minimum absolute atomic E-state index is 0. The lowest BCUT2D eigenvalue weighted by atomic mass is 10.0. The second-order valence-electron chi connectivity index (χ2n) is 9.41. The Bertz CT molecular complexity index is 1530. The molecule has 1 aliphatic rings. The molecule has 5 rings (SSSR count). The van der Waals surface area contributed by atoms with Gasteiger partial charge in [0.2, 0.25) is 0 Å². The molecule has 0 spiro atoms. The molecule has 9 heteroatoms. The van der Waals surface area contributed by atoms with E-state index in [9.17, 15) is 14.4 Å². The molecule has 1 fully saturated rings. The maximum atomic E-state index is 13.9. The number of carbonyl (C=O) groups excluding carboxylic acids is 2. The summed E-state index contributed by atoms with van der Waals surface area (Å²) in [6.45, 7) is 2.82. The SMILES string of the molecule is COc1c(C(=O)NC2CCNC(C)C2)n(C)c2c1c(=O)n(CC(=O)c1ccccc1)c1ccccc21.Cl. The van der Waals surface area contributed by atoms with E-state index in [4.69, 9.17) is 4.74 Å². The predicted octanol–water partition coefficient (Wildman–Crippen LogP) is 3.68. The Hall–Kier alpha value is -3.62. The first-order valence-electron chi connectivity index (χ1n) is 12.2. The van der Waals surface area contributed by atoms with Crippen molar-refractivity contribution in [1.29, 1.82) is 0 Å². The zero-order valence-electron chi connectivity index (χ0n) is 21.1. The molecule has 0 aliphatic carbocycles. The number of nitrogens with one attached hydrogen (secondary N) is 2. The lowest BCUT2D eigenvalue weighted by Crippen LogP contribution is -2.46. The van der Waals surface area contributed by atoms with Gasteiger partial charge in [0.15, 0.2) is 17.2 Å². The van der Waals surface area contributed by atoms with Crippen LogP contribution in [0.2, 0.25) is 0 Å². The third kappa shape index (κ3) is 4.74. The van der Waals surface area contributed by atoms with E-state index in [0.717, 1.165) is 24.8 Å². The number of methoxy groups -OCH3 is 1. The van der Waals surface area contributed by atoms with Crippen LogP contribution in [0.15, 0.2) is 59.4 Å². The van der Waals surface area contributed by atoms with Crippen LogP contribution in [0.1, 0.15) is 40.6 Å². The third-order valence-electron chi connectivity index (χ3n) is 7.03. The van der Waals surface area contributed by atoms with Crippen LogP contribution in [-0.2, 0) is 13.6 Å². The van der Waals surface area contributed by atoms with E-state index in [2.05, 4.69) is 17.6 Å². The second kappa shape index (κ2) is 10.8. The van der Waals surface area contributed by atoms with Crippen LogP contribution in [0.3, 0.4) is 0 Å². The van der Waals surface area contributed by atoms with Gasteiger partial charge in [-0.15, -0.1) is 12.4 Å². The number of fused-ring (bicyclic) bond motifs is 3. The van der Waals surface area contributed by atoms with Crippen LogP contribution in [0.25, 0.3) is 21.8 Å². The number of piperidine rings is 1. The number of aromatic nitrogens is 2. The fourth-order valence-corrected chi connectivity index (χ4v) is 5.31. The number of pyridine rings is 1. The molecule has 3 heterocycles. The number of ketones is 1. The van der Waals surface area contributed by atoms with Crippen molar-refractivity contribution in [2.75, 3.05) is 13.7 Å². The quantitative estimate of drug-likeness (QED) is 0.377. The molecule has 37 heavy (non-hydrogen) atoms. The highest BCUT2D eigenvalue weighted by Crippen LogP contribution is 2.34. The molecule has 2 aromatic carbocycles. The molecule has 8 nitrogen and oxygen atoms in total. The Kier molecular flexibility index (Phi) is 7.71. The summed E-state index contributed by atoms with van der Waals surface area (Å²) in [6.07, 6.45) is 1.66. The molecule has 0 radical (unpaired) electrons. The Morgan fingerprint density at radius 3 is 2.51 bits per heavy atom. The van der Waals surface area contributed by atoms with Gasteiger partial charge in [0, 0.05) is 30.1 Å². The molecule has 1 saturated heterocycles. The van der Waals surface area contributed by atoms with Gasteiger partial charge >= 0.3 is 0 Å². The maximum absolute atomic E-state index is 13.9. The van der Waals surface area contributed by atoms with E-state index in [-0.39, 0.29) is 48.0 Å². The molecule has 1 aliphatic heterocycles. The number of hydrogen-bond acceptors (Lipinski definition) is 5. The van der Waals surface area contributed by atoms with E-state index in [1.165, 1.54) is 11.7 Å². The zero-order chi connectivity index (χ0) is 25.4. The van der Waals surface area contributed by atoms with Crippen molar-refractivity contribution < 1.29 is 14.3 Å². The number of amides is 1. The first-order chi connectivity index (χ1) is 17.4. The molecule has 0 saturated carbocycles. The fraction of sp³-hybridized carbons (Fsp3) is 0.321. The fourth-order valence-electron chi connectivity index (χ4n) is 5.31. The summed E-state index contributed by atoms with van der Waals surface area (Å²) in [4.78, 5) is 40.4. The Balaban J connectivity index is 0.00000320. The van der Waals surface area contributed by atoms with Crippen molar-refractivity contribution in [1.82, 2.24) is 19.8 Å². The van der Waals surface area contributed by atoms with Crippen LogP contribution < -0.4 is 20.9 Å². The van der Waals surface area contributed by atoms with Crippen molar-refractivity contribution in [3.8, 4) is 5.75 Å². The molecular weight excluding hydrogens is 492 g/mol. The summed E-state index contributed by atoms with van der Waals surface area (Å²) in [7, 11) is 3.24. The summed E-state index contributed by atoms with van der Waals surface area (Å²) >= 11 is 0. The van der Waals surface area contributed by atoms with Gasteiger partial charge in [-0.25, -0.2) is 0 Å². The molecule has 2 unspecified atom stereocenters. The third-order valence-corrected chi connectivity index (χ3v) is 7.03. The largest absolute Gasteiger partial charge is 0.493 e. The maximum Gasteiger partial charge on any atom is 0.272 e. The van der Waals surface area contributed by atoms with Gasteiger partial charge in [0.1, 0.15) is 5.39 Å². The molecular formula is C28H31ClN4O4. The van der Waals surface area contributed by atoms with E-state index < -0.39 is 0 Å². The summed E-state index contributed by atoms with van der Waals surface area (Å²) in [5.74, 6) is -0.223. The van der Waals surface area contributed by atoms with Crippen molar-refractivity contribution >= 4 is 45.9 Å². The van der Waals surface area contributed by atoms with Crippen molar-refractivity contribution in [2.24, 2.45) is 7.05 Å². The van der Waals surface area contributed by atoms with Gasteiger partial charge in [-0.05, 0) is 32.4 Å². The lowest BCUT2D eigenvalue weighted by Gasteiger charge is -2.28. The van der Waals surface area contributed by atoms with Crippen molar-refractivity contribution in [3.05, 3.63) is 76.2 Å². The first kappa shape index (κ1) is 26.4. The summed E-state index contributed by atoms with van der Waals surface area (Å²) in [5.41, 5.74) is 1.70. The van der Waals surface area contributed by atoms with Gasteiger partial charge in [0.05, 0.1) is 24.7 Å². The molecule has 194 valence electrons. The van der Waals surface area contributed by atoms with Gasteiger partial charge in [-0.2, -0.15) is 0 Å². The number of para-hydroxylation sites is 1. The summed E-state index contributed by atoms with van der Waals surface area (Å²) < 4.78 is 8.91. The number of benzene rings is 2. The normalized spacial score (nSPS) is 17.4. The van der Waals surface area contributed by atoms with Crippen LogP contribution in [-0.4, -0.2) is 46.6 Å². The van der Waals surface area contributed by atoms with Gasteiger partial charge in [-0.3, -0.25) is 19.0 Å². The van der Waals surface area contributed by atoms with Gasteiger partial charge in [0.25, 0.3) is 11.5 Å². The summed E-state index contributed by atoms with van der Waals surface area (Å²) in [5, 5.41) is 7.59. The average molecular weight is 523 g/mol. The minimum atomic E-state index is -0.366. The van der Waals surface area contributed by atoms with E-state index in [1.807, 2.05) is 30.3 Å². The van der Waals surface area contributed by atoms with E-state index in [1.54, 1.807) is 35.9 Å². The summed E-state index contributed by atoms with van der Waals surface area (Å²) in [6, 6.07) is 16.7. The molecule has 1 amide bonds.